The minimum absolute atomic E-state index is 0.00618. The number of rotatable bonds is 2. The summed E-state index contributed by atoms with van der Waals surface area (Å²) >= 11 is 1.52. The van der Waals surface area contributed by atoms with E-state index in [0.29, 0.717) is 16.0 Å². The van der Waals surface area contributed by atoms with E-state index in [1.807, 2.05) is 6.07 Å². The molecule has 5 heteroatoms. The van der Waals surface area contributed by atoms with Gasteiger partial charge in [0.1, 0.15) is 4.88 Å². The Kier molecular flexibility index (Phi) is 4.51. The first-order chi connectivity index (χ1) is 9.70. The molecular formula is C16H27N3OS. The Balaban J connectivity index is 2.08. The summed E-state index contributed by atoms with van der Waals surface area (Å²) in [5.41, 5.74) is 7.00. The monoisotopic (exact) mass is 309 g/mol. The van der Waals surface area contributed by atoms with Crippen molar-refractivity contribution in [1.82, 2.24) is 4.90 Å². The van der Waals surface area contributed by atoms with Gasteiger partial charge in [-0.3, -0.25) is 4.79 Å². The molecule has 1 aromatic rings. The van der Waals surface area contributed by atoms with Crippen molar-refractivity contribution in [3.8, 4) is 0 Å². The third kappa shape index (κ3) is 3.51. The molecule has 0 aromatic carbocycles. The first-order valence-corrected chi connectivity index (χ1v) is 8.37. The lowest BCUT2D eigenvalue weighted by molar-refractivity contribution is 0.0833. The first-order valence-electron chi connectivity index (χ1n) is 7.56. The number of nitrogen functional groups attached to an aromatic ring is 1. The van der Waals surface area contributed by atoms with Gasteiger partial charge in [0.15, 0.2) is 0 Å². The highest BCUT2D eigenvalue weighted by molar-refractivity contribution is 7.18. The SMILES string of the molecule is CN(C)C(=O)c1sc(N2CCC(C(C)(C)C)CC2)cc1N. The molecule has 0 unspecified atom stereocenters. The van der Waals surface area contributed by atoms with Crippen molar-refractivity contribution in [2.45, 2.75) is 33.6 Å². The summed E-state index contributed by atoms with van der Waals surface area (Å²) in [5, 5.41) is 1.13. The van der Waals surface area contributed by atoms with Gasteiger partial charge in [-0.1, -0.05) is 20.8 Å². The second-order valence-electron chi connectivity index (χ2n) is 7.20. The summed E-state index contributed by atoms with van der Waals surface area (Å²) in [5.74, 6) is 0.766. The fourth-order valence-electron chi connectivity index (χ4n) is 2.88. The molecule has 1 saturated heterocycles. The third-order valence-electron chi connectivity index (χ3n) is 4.38. The Morgan fingerprint density at radius 1 is 1.33 bits per heavy atom. The van der Waals surface area contributed by atoms with E-state index in [4.69, 9.17) is 5.73 Å². The van der Waals surface area contributed by atoms with Crippen LogP contribution in [0.1, 0.15) is 43.3 Å². The van der Waals surface area contributed by atoms with Crippen LogP contribution in [-0.2, 0) is 0 Å². The first kappa shape index (κ1) is 16.1. The summed E-state index contributed by atoms with van der Waals surface area (Å²) in [7, 11) is 3.52. The van der Waals surface area contributed by atoms with Gasteiger partial charge in [-0.25, -0.2) is 0 Å². The number of carbonyl (C=O) groups is 1. The van der Waals surface area contributed by atoms with Crippen LogP contribution in [0, 0.1) is 11.3 Å². The largest absolute Gasteiger partial charge is 0.397 e. The smallest absolute Gasteiger partial charge is 0.265 e. The van der Waals surface area contributed by atoms with Crippen LogP contribution < -0.4 is 10.6 Å². The van der Waals surface area contributed by atoms with E-state index in [1.165, 1.54) is 24.2 Å². The molecule has 0 bridgehead atoms. The maximum absolute atomic E-state index is 12.1. The topological polar surface area (TPSA) is 49.6 Å². The van der Waals surface area contributed by atoms with E-state index in [0.717, 1.165) is 24.0 Å². The molecule has 1 aliphatic heterocycles. The summed E-state index contributed by atoms with van der Waals surface area (Å²) in [4.78, 5) is 16.7. The van der Waals surface area contributed by atoms with Gasteiger partial charge in [-0.2, -0.15) is 0 Å². The van der Waals surface area contributed by atoms with Gasteiger partial charge in [-0.05, 0) is 30.2 Å². The Morgan fingerprint density at radius 2 is 1.90 bits per heavy atom. The highest BCUT2D eigenvalue weighted by atomic mass is 32.1. The fourth-order valence-corrected chi connectivity index (χ4v) is 4.04. The van der Waals surface area contributed by atoms with Crippen molar-refractivity contribution in [2.24, 2.45) is 11.3 Å². The summed E-state index contributed by atoms with van der Waals surface area (Å²) < 4.78 is 0. The lowest BCUT2D eigenvalue weighted by Crippen LogP contribution is -2.37. The van der Waals surface area contributed by atoms with Gasteiger partial charge in [-0.15, -0.1) is 11.3 Å². The quantitative estimate of drug-likeness (QED) is 0.912. The van der Waals surface area contributed by atoms with Crippen molar-refractivity contribution < 1.29 is 4.79 Å². The molecule has 2 heterocycles. The van der Waals surface area contributed by atoms with Crippen LogP contribution in [0.25, 0.3) is 0 Å². The maximum Gasteiger partial charge on any atom is 0.265 e. The van der Waals surface area contributed by atoms with Gasteiger partial charge in [0.05, 0.1) is 10.7 Å². The predicted molar refractivity (Wildman–Crippen MR) is 91.1 cm³/mol. The number of anilines is 2. The van der Waals surface area contributed by atoms with Crippen LogP contribution in [0.5, 0.6) is 0 Å². The van der Waals surface area contributed by atoms with E-state index in [2.05, 4.69) is 25.7 Å². The maximum atomic E-state index is 12.1. The summed E-state index contributed by atoms with van der Waals surface area (Å²) in [6.45, 7) is 9.08. The highest BCUT2D eigenvalue weighted by Gasteiger charge is 2.29. The molecule has 0 atom stereocenters. The molecule has 1 aliphatic rings. The molecule has 118 valence electrons. The highest BCUT2D eigenvalue weighted by Crippen LogP contribution is 2.39. The summed E-state index contributed by atoms with van der Waals surface area (Å²) in [6.07, 6.45) is 2.41. The Labute approximate surface area is 131 Å². The number of carbonyl (C=O) groups excluding carboxylic acids is 1. The van der Waals surface area contributed by atoms with Crippen LogP contribution >= 0.6 is 11.3 Å². The van der Waals surface area contributed by atoms with Crippen LogP contribution in [0.4, 0.5) is 10.7 Å². The van der Waals surface area contributed by atoms with Crippen molar-refractivity contribution in [1.29, 1.82) is 0 Å². The molecule has 2 rings (SSSR count). The van der Waals surface area contributed by atoms with Crippen LogP contribution in [0.3, 0.4) is 0 Å². The van der Waals surface area contributed by atoms with Crippen molar-refractivity contribution in [3.63, 3.8) is 0 Å². The lowest BCUT2D eigenvalue weighted by Gasteiger charge is -2.39. The van der Waals surface area contributed by atoms with Gasteiger partial charge < -0.3 is 15.5 Å². The van der Waals surface area contributed by atoms with Crippen molar-refractivity contribution in [2.75, 3.05) is 37.8 Å². The van der Waals surface area contributed by atoms with E-state index in [-0.39, 0.29) is 5.91 Å². The number of hydrogen-bond donors (Lipinski definition) is 1. The third-order valence-corrected chi connectivity index (χ3v) is 5.58. The van der Waals surface area contributed by atoms with Crippen LogP contribution in [-0.4, -0.2) is 38.0 Å². The van der Waals surface area contributed by atoms with Crippen molar-refractivity contribution >= 4 is 27.9 Å². The van der Waals surface area contributed by atoms with Crippen LogP contribution in [0.15, 0.2) is 6.07 Å². The zero-order chi connectivity index (χ0) is 15.8. The minimum atomic E-state index is -0.00618. The zero-order valence-corrected chi connectivity index (χ0v) is 14.6. The summed E-state index contributed by atoms with van der Waals surface area (Å²) in [6, 6.07) is 1.96. The Morgan fingerprint density at radius 3 is 2.38 bits per heavy atom. The number of amides is 1. The number of nitrogens with two attached hydrogens (primary N) is 1. The van der Waals surface area contributed by atoms with Crippen LogP contribution in [0.2, 0.25) is 0 Å². The van der Waals surface area contributed by atoms with E-state index in [1.54, 1.807) is 19.0 Å². The molecular weight excluding hydrogens is 282 g/mol. The minimum Gasteiger partial charge on any atom is -0.397 e. The number of piperidine rings is 1. The van der Waals surface area contributed by atoms with Gasteiger partial charge in [0.2, 0.25) is 0 Å². The molecule has 0 saturated carbocycles. The number of thiophene rings is 1. The normalized spacial score (nSPS) is 17.1. The Hall–Kier alpha value is -1.23. The standard InChI is InChI=1S/C16H27N3OS/c1-16(2,3)11-6-8-19(9-7-11)13-10-12(17)14(21-13)15(20)18(4)5/h10-11H,6-9,17H2,1-5H3. The van der Waals surface area contributed by atoms with E-state index < -0.39 is 0 Å². The average molecular weight is 309 g/mol. The molecule has 0 radical (unpaired) electrons. The molecule has 1 aromatic heterocycles. The molecule has 1 amide bonds. The average Bonchev–Trinajstić information content (AvgIpc) is 2.79. The van der Waals surface area contributed by atoms with Gasteiger partial charge in [0, 0.05) is 27.2 Å². The van der Waals surface area contributed by atoms with Crippen molar-refractivity contribution in [3.05, 3.63) is 10.9 Å². The molecule has 0 aliphatic carbocycles. The van der Waals surface area contributed by atoms with Gasteiger partial charge in [0.25, 0.3) is 5.91 Å². The second-order valence-corrected chi connectivity index (χ2v) is 8.23. The van der Waals surface area contributed by atoms with E-state index >= 15 is 0 Å². The fraction of sp³-hybridized carbons (Fsp3) is 0.688. The van der Waals surface area contributed by atoms with E-state index in [9.17, 15) is 4.79 Å². The predicted octanol–water partition coefficient (Wildman–Crippen LogP) is 3.29. The Bertz CT molecular complexity index is 508. The lowest BCUT2D eigenvalue weighted by atomic mass is 9.75. The molecule has 4 nitrogen and oxygen atoms in total. The number of hydrogen-bond acceptors (Lipinski definition) is 4. The van der Waals surface area contributed by atoms with Gasteiger partial charge >= 0.3 is 0 Å². The zero-order valence-electron chi connectivity index (χ0n) is 13.8. The second kappa shape index (κ2) is 5.87. The molecule has 2 N–H and O–H groups in total. The number of nitrogens with zero attached hydrogens (tertiary/aromatic N) is 2. The molecule has 0 spiro atoms. The molecule has 21 heavy (non-hydrogen) atoms. The molecule has 1 fully saturated rings.